The Balaban J connectivity index is 0.000000155. The van der Waals surface area contributed by atoms with E-state index in [0.29, 0.717) is 10.9 Å². The lowest BCUT2D eigenvalue weighted by atomic mass is 10.2. The summed E-state index contributed by atoms with van der Waals surface area (Å²) in [5, 5.41) is 23.4. The molecule has 6 heterocycles. The van der Waals surface area contributed by atoms with E-state index in [1.165, 1.54) is 23.6 Å². The molecule has 0 bridgehead atoms. The Morgan fingerprint density at radius 2 is 1.74 bits per heavy atom. The predicted molar refractivity (Wildman–Crippen MR) is 149 cm³/mol. The maximum atomic E-state index is 12.8. The fourth-order valence-corrected chi connectivity index (χ4v) is 5.00. The molecular formula is C25H23FN10S2. The number of aryl methyl sites for hydroxylation is 3. The molecule has 0 saturated carbocycles. The monoisotopic (exact) mass is 546 g/mol. The van der Waals surface area contributed by atoms with Gasteiger partial charge in [-0.15, -0.1) is 22.7 Å². The lowest BCUT2D eigenvalue weighted by Gasteiger charge is -2.01. The molecule has 192 valence electrons. The van der Waals surface area contributed by atoms with Gasteiger partial charge in [0.2, 0.25) is 0 Å². The van der Waals surface area contributed by atoms with E-state index in [2.05, 4.69) is 51.0 Å². The van der Waals surface area contributed by atoms with Gasteiger partial charge in [-0.2, -0.15) is 10.2 Å². The average molecular weight is 547 g/mol. The van der Waals surface area contributed by atoms with Crippen molar-refractivity contribution in [1.82, 2.24) is 40.3 Å². The molecule has 6 aromatic rings. The van der Waals surface area contributed by atoms with Crippen LogP contribution in [0.1, 0.15) is 16.3 Å². The van der Waals surface area contributed by atoms with Crippen LogP contribution in [-0.4, -0.2) is 40.3 Å². The molecule has 6 rings (SSSR count). The summed E-state index contributed by atoms with van der Waals surface area (Å²) in [4.78, 5) is 18.4. The van der Waals surface area contributed by atoms with Gasteiger partial charge in [0.05, 0.1) is 30.0 Å². The van der Waals surface area contributed by atoms with Gasteiger partial charge in [-0.25, -0.2) is 24.3 Å². The Morgan fingerprint density at radius 3 is 2.45 bits per heavy atom. The normalized spacial score (nSPS) is 10.6. The van der Waals surface area contributed by atoms with Crippen molar-refractivity contribution in [2.24, 2.45) is 0 Å². The highest BCUT2D eigenvalue weighted by Crippen LogP contribution is 2.31. The lowest BCUT2D eigenvalue weighted by molar-refractivity contribution is 0.622. The third-order valence-electron chi connectivity index (χ3n) is 5.26. The first-order chi connectivity index (χ1) is 18.4. The van der Waals surface area contributed by atoms with Gasteiger partial charge in [0.1, 0.15) is 17.5 Å². The summed E-state index contributed by atoms with van der Waals surface area (Å²) in [5.74, 6) is 1.01. The van der Waals surface area contributed by atoms with Gasteiger partial charge in [0.15, 0.2) is 10.3 Å². The average Bonchev–Trinajstić information content (AvgIpc) is 3.70. The number of pyridine rings is 2. The summed E-state index contributed by atoms with van der Waals surface area (Å²) in [6.07, 6.45) is 6.48. The van der Waals surface area contributed by atoms with E-state index in [9.17, 15) is 4.39 Å². The second-order valence-corrected chi connectivity index (χ2v) is 10.2. The molecule has 10 nitrogen and oxygen atoms in total. The van der Waals surface area contributed by atoms with E-state index in [1.54, 1.807) is 36.0 Å². The van der Waals surface area contributed by atoms with Gasteiger partial charge in [0, 0.05) is 39.0 Å². The number of aromatic nitrogens is 8. The molecule has 0 radical (unpaired) electrons. The first kappa shape index (κ1) is 25.2. The molecular weight excluding hydrogens is 523 g/mol. The number of H-pyrrole nitrogens is 2. The van der Waals surface area contributed by atoms with E-state index in [1.807, 2.05) is 44.4 Å². The van der Waals surface area contributed by atoms with Crippen molar-refractivity contribution in [3.05, 3.63) is 82.6 Å². The molecule has 4 N–H and O–H groups in total. The van der Waals surface area contributed by atoms with Gasteiger partial charge >= 0.3 is 0 Å². The third-order valence-corrected chi connectivity index (χ3v) is 6.91. The van der Waals surface area contributed by atoms with Crippen LogP contribution in [0, 0.1) is 26.6 Å². The fourth-order valence-electron chi connectivity index (χ4n) is 3.44. The van der Waals surface area contributed by atoms with E-state index in [-0.39, 0.29) is 5.82 Å². The minimum atomic E-state index is -0.361. The Morgan fingerprint density at radius 1 is 0.868 bits per heavy atom. The second kappa shape index (κ2) is 11.3. The molecule has 13 heteroatoms. The highest BCUT2D eigenvalue weighted by Gasteiger charge is 2.11. The Hall–Kier alpha value is -4.49. The zero-order chi connectivity index (χ0) is 26.5. The quantitative estimate of drug-likeness (QED) is 0.188. The molecule has 0 atom stereocenters. The Bertz CT molecular complexity index is 1620. The maximum Gasteiger partial charge on any atom is 0.189 e. The van der Waals surface area contributed by atoms with Crippen molar-refractivity contribution in [3.63, 3.8) is 0 Å². The smallest absolute Gasteiger partial charge is 0.189 e. The number of anilines is 4. The highest BCUT2D eigenvalue weighted by atomic mass is 32.1. The van der Waals surface area contributed by atoms with Crippen molar-refractivity contribution in [1.29, 1.82) is 0 Å². The molecule has 0 aliphatic carbocycles. The summed E-state index contributed by atoms with van der Waals surface area (Å²) in [6.45, 7) is 5.94. The minimum Gasteiger partial charge on any atom is -0.316 e. The Kier molecular flexibility index (Phi) is 7.47. The number of hydrogen-bond donors (Lipinski definition) is 4. The first-order valence-electron chi connectivity index (χ1n) is 11.5. The van der Waals surface area contributed by atoms with E-state index in [4.69, 9.17) is 0 Å². The second-order valence-electron chi connectivity index (χ2n) is 8.13. The lowest BCUT2D eigenvalue weighted by Crippen LogP contribution is -1.93. The van der Waals surface area contributed by atoms with Crippen LogP contribution in [0.5, 0.6) is 0 Å². The first-order valence-corrected chi connectivity index (χ1v) is 13.2. The minimum absolute atomic E-state index is 0.361. The van der Waals surface area contributed by atoms with Crippen LogP contribution in [0.3, 0.4) is 0 Å². The summed E-state index contributed by atoms with van der Waals surface area (Å²) in [5.41, 5.74) is 5.77. The highest BCUT2D eigenvalue weighted by molar-refractivity contribution is 7.16. The summed E-state index contributed by atoms with van der Waals surface area (Å²) >= 11 is 3.07. The third kappa shape index (κ3) is 6.07. The molecule has 0 saturated heterocycles. The number of thiazole rings is 2. The van der Waals surface area contributed by atoms with Crippen molar-refractivity contribution in [2.45, 2.75) is 20.8 Å². The van der Waals surface area contributed by atoms with Crippen molar-refractivity contribution in [2.75, 3.05) is 10.6 Å². The number of hydrogen-bond acceptors (Lipinski definition) is 10. The molecule has 0 aromatic carbocycles. The zero-order valence-electron chi connectivity index (χ0n) is 20.7. The molecule has 0 fully saturated rings. The molecule has 0 aliphatic rings. The van der Waals surface area contributed by atoms with Crippen LogP contribution in [0.25, 0.3) is 22.5 Å². The molecule has 0 unspecified atom stereocenters. The van der Waals surface area contributed by atoms with Crippen LogP contribution in [0.2, 0.25) is 0 Å². The van der Waals surface area contributed by atoms with Crippen molar-refractivity contribution >= 4 is 44.6 Å². The van der Waals surface area contributed by atoms with Gasteiger partial charge in [0.25, 0.3) is 0 Å². The van der Waals surface area contributed by atoms with Gasteiger partial charge in [-0.05, 0) is 45.0 Å². The van der Waals surface area contributed by atoms with Crippen molar-refractivity contribution < 1.29 is 4.39 Å². The molecule has 0 aliphatic heterocycles. The van der Waals surface area contributed by atoms with Crippen LogP contribution in [0.15, 0.2) is 60.5 Å². The molecule has 6 aromatic heterocycles. The molecule has 0 spiro atoms. The van der Waals surface area contributed by atoms with Crippen LogP contribution in [0.4, 0.5) is 26.3 Å². The summed E-state index contributed by atoms with van der Waals surface area (Å²) in [7, 11) is 0. The van der Waals surface area contributed by atoms with E-state index >= 15 is 0 Å². The number of nitrogens with zero attached hydrogens (tertiary/aromatic N) is 6. The number of nitrogens with one attached hydrogen (secondary N) is 4. The van der Waals surface area contributed by atoms with Gasteiger partial charge in [-0.1, -0.05) is 6.07 Å². The number of aromatic amines is 2. The largest absolute Gasteiger partial charge is 0.316 e. The predicted octanol–water partition coefficient (Wildman–Crippen LogP) is 6.41. The van der Waals surface area contributed by atoms with Crippen molar-refractivity contribution in [3.8, 4) is 22.5 Å². The Labute approximate surface area is 225 Å². The standard InChI is InChI=1S/C13H13N5S.C12H10FN5S/c1-8-4-3-5-12(15-8)17-13-16-11(7-19-13)10-6-14-18-9(10)2;1-7-11(8-4-15-16-5-8)18-12(19-7)17-10-3-2-9(13)6-14-10/h3-7H,1-2H3,(H,14,18)(H,15,16,17);2-6H,1H3,(H,15,16)(H,14,17,18). The topological polar surface area (TPSA) is 133 Å². The fraction of sp³-hybridized carbons (Fsp3) is 0.120. The van der Waals surface area contributed by atoms with Gasteiger partial charge in [-0.3, -0.25) is 10.2 Å². The molecule has 38 heavy (non-hydrogen) atoms. The number of rotatable bonds is 6. The number of halogens is 1. The summed E-state index contributed by atoms with van der Waals surface area (Å²) < 4.78 is 12.8. The summed E-state index contributed by atoms with van der Waals surface area (Å²) in [6, 6.07) is 8.79. The molecule has 0 amide bonds. The van der Waals surface area contributed by atoms with E-state index in [0.717, 1.165) is 49.7 Å². The van der Waals surface area contributed by atoms with E-state index < -0.39 is 0 Å². The maximum absolute atomic E-state index is 12.8. The van der Waals surface area contributed by atoms with Crippen LogP contribution >= 0.6 is 22.7 Å². The zero-order valence-corrected chi connectivity index (χ0v) is 22.3. The van der Waals surface area contributed by atoms with Crippen LogP contribution < -0.4 is 10.6 Å². The SMILES string of the molecule is Cc1cccc(Nc2nc(-c3cn[nH]c3C)cs2)n1.Cc1sc(Nc2ccc(F)cn2)nc1-c1cn[nH]c1. The van der Waals surface area contributed by atoms with Gasteiger partial charge < -0.3 is 10.6 Å². The van der Waals surface area contributed by atoms with Crippen LogP contribution in [-0.2, 0) is 0 Å².